The average molecular weight is 345 g/mol. The molecule has 0 aliphatic carbocycles. The van der Waals surface area contributed by atoms with Gasteiger partial charge in [-0.05, 0) is 44.0 Å². The van der Waals surface area contributed by atoms with Crippen LogP contribution in [-0.4, -0.2) is 43.3 Å². The van der Waals surface area contributed by atoms with Gasteiger partial charge in [0.2, 0.25) is 5.91 Å². The van der Waals surface area contributed by atoms with E-state index in [2.05, 4.69) is 15.4 Å². The quantitative estimate of drug-likeness (QED) is 0.867. The maximum absolute atomic E-state index is 12.3. The SMILES string of the molecule is COc1ccc([C@@H]2CCCN2CC(=O)Nc2cc(C)on2)cc1OC. The van der Waals surface area contributed by atoms with E-state index in [1.807, 2.05) is 18.2 Å². The fourth-order valence-electron chi connectivity index (χ4n) is 3.25. The van der Waals surface area contributed by atoms with Gasteiger partial charge in [-0.3, -0.25) is 9.69 Å². The highest BCUT2D eigenvalue weighted by molar-refractivity contribution is 5.91. The van der Waals surface area contributed by atoms with Crippen molar-refractivity contribution in [2.75, 3.05) is 32.6 Å². The highest BCUT2D eigenvalue weighted by atomic mass is 16.5. The topological polar surface area (TPSA) is 76.8 Å². The smallest absolute Gasteiger partial charge is 0.239 e. The molecule has 7 nitrogen and oxygen atoms in total. The Balaban J connectivity index is 1.69. The van der Waals surface area contributed by atoms with Crippen molar-refractivity contribution in [3.8, 4) is 11.5 Å². The minimum atomic E-state index is -0.0966. The van der Waals surface area contributed by atoms with Crippen molar-refractivity contribution in [2.24, 2.45) is 0 Å². The van der Waals surface area contributed by atoms with Gasteiger partial charge in [0.1, 0.15) is 5.76 Å². The largest absolute Gasteiger partial charge is 0.493 e. The number of carbonyl (C=O) groups is 1. The summed E-state index contributed by atoms with van der Waals surface area (Å²) in [6, 6.07) is 7.81. The molecule has 0 spiro atoms. The van der Waals surface area contributed by atoms with Crippen LogP contribution in [0.5, 0.6) is 11.5 Å². The molecule has 2 heterocycles. The summed E-state index contributed by atoms with van der Waals surface area (Å²) in [5.41, 5.74) is 1.13. The molecule has 7 heteroatoms. The fraction of sp³-hybridized carbons (Fsp3) is 0.444. The average Bonchev–Trinajstić information content (AvgIpc) is 3.23. The number of nitrogens with zero attached hydrogens (tertiary/aromatic N) is 2. The Kier molecular flexibility index (Phi) is 5.23. The number of hydrogen-bond acceptors (Lipinski definition) is 6. The lowest BCUT2D eigenvalue weighted by atomic mass is 10.0. The Morgan fingerprint density at radius 2 is 2.12 bits per heavy atom. The number of benzene rings is 1. The molecule has 0 radical (unpaired) electrons. The van der Waals surface area contributed by atoms with Crippen LogP contribution in [0.25, 0.3) is 0 Å². The maximum Gasteiger partial charge on any atom is 0.239 e. The van der Waals surface area contributed by atoms with Gasteiger partial charge in [0.05, 0.1) is 20.8 Å². The van der Waals surface area contributed by atoms with Gasteiger partial charge in [-0.1, -0.05) is 11.2 Å². The molecule has 1 N–H and O–H groups in total. The number of aromatic nitrogens is 1. The molecule has 134 valence electrons. The number of amides is 1. The van der Waals surface area contributed by atoms with E-state index < -0.39 is 0 Å². The van der Waals surface area contributed by atoms with E-state index >= 15 is 0 Å². The van der Waals surface area contributed by atoms with Crippen molar-refractivity contribution in [1.82, 2.24) is 10.1 Å². The first-order chi connectivity index (χ1) is 12.1. The minimum absolute atomic E-state index is 0.0966. The summed E-state index contributed by atoms with van der Waals surface area (Å²) >= 11 is 0. The fourth-order valence-corrected chi connectivity index (χ4v) is 3.25. The van der Waals surface area contributed by atoms with Crippen LogP contribution in [0, 0.1) is 6.92 Å². The van der Waals surface area contributed by atoms with Crippen molar-refractivity contribution >= 4 is 11.7 Å². The second kappa shape index (κ2) is 7.57. The third kappa shape index (κ3) is 3.93. The van der Waals surface area contributed by atoms with Crippen LogP contribution in [0.3, 0.4) is 0 Å². The van der Waals surface area contributed by atoms with Gasteiger partial charge in [-0.2, -0.15) is 0 Å². The summed E-state index contributed by atoms with van der Waals surface area (Å²) in [5, 5.41) is 6.57. The predicted octanol–water partition coefficient (Wildman–Crippen LogP) is 2.78. The molecular weight excluding hydrogens is 322 g/mol. The number of ether oxygens (including phenoxy) is 2. The maximum atomic E-state index is 12.3. The van der Waals surface area contributed by atoms with E-state index in [1.165, 1.54) is 0 Å². The molecule has 1 amide bonds. The van der Waals surface area contributed by atoms with Gasteiger partial charge < -0.3 is 19.3 Å². The number of carbonyl (C=O) groups excluding carboxylic acids is 1. The summed E-state index contributed by atoms with van der Waals surface area (Å²) in [6.07, 6.45) is 2.06. The zero-order valence-electron chi connectivity index (χ0n) is 14.7. The minimum Gasteiger partial charge on any atom is -0.493 e. The van der Waals surface area contributed by atoms with Crippen molar-refractivity contribution in [3.05, 3.63) is 35.6 Å². The van der Waals surface area contributed by atoms with Crippen molar-refractivity contribution in [3.63, 3.8) is 0 Å². The van der Waals surface area contributed by atoms with Gasteiger partial charge in [0, 0.05) is 12.1 Å². The highest BCUT2D eigenvalue weighted by Crippen LogP contribution is 2.36. The molecule has 25 heavy (non-hydrogen) atoms. The van der Waals surface area contributed by atoms with Crippen molar-refractivity contribution < 1.29 is 18.8 Å². The molecule has 1 fully saturated rings. The number of anilines is 1. The molecule has 0 saturated carbocycles. The van der Waals surface area contributed by atoms with Crippen LogP contribution < -0.4 is 14.8 Å². The summed E-state index contributed by atoms with van der Waals surface area (Å²) in [6.45, 7) is 2.98. The lowest BCUT2D eigenvalue weighted by Gasteiger charge is -2.24. The van der Waals surface area contributed by atoms with Crippen LogP contribution in [0.1, 0.15) is 30.2 Å². The van der Waals surface area contributed by atoms with Gasteiger partial charge in [-0.25, -0.2) is 0 Å². The monoisotopic (exact) mass is 345 g/mol. The standard InChI is InChI=1S/C18H23N3O4/c1-12-9-17(20-25-12)19-18(22)11-21-8-4-5-14(21)13-6-7-15(23-2)16(10-13)24-3/h6-7,9-10,14H,4-5,8,11H2,1-3H3,(H,19,20,22)/t14-/m0/s1. The number of rotatable bonds is 6. The number of likely N-dealkylation sites (tertiary alicyclic amines) is 1. The summed E-state index contributed by atoms with van der Waals surface area (Å²) in [5.74, 6) is 2.43. The van der Waals surface area contributed by atoms with Crippen molar-refractivity contribution in [1.29, 1.82) is 0 Å². The van der Waals surface area contributed by atoms with E-state index in [0.29, 0.717) is 29.6 Å². The molecular formula is C18H23N3O4. The second-order valence-corrected chi connectivity index (χ2v) is 6.11. The first-order valence-corrected chi connectivity index (χ1v) is 8.30. The van der Waals surface area contributed by atoms with Gasteiger partial charge in [-0.15, -0.1) is 0 Å². The lowest BCUT2D eigenvalue weighted by molar-refractivity contribution is -0.117. The van der Waals surface area contributed by atoms with E-state index in [9.17, 15) is 4.79 Å². The lowest BCUT2D eigenvalue weighted by Crippen LogP contribution is -2.33. The summed E-state index contributed by atoms with van der Waals surface area (Å²) < 4.78 is 15.7. The number of aryl methyl sites for hydroxylation is 1. The highest BCUT2D eigenvalue weighted by Gasteiger charge is 2.28. The van der Waals surface area contributed by atoms with Crippen LogP contribution in [0.2, 0.25) is 0 Å². The predicted molar refractivity (Wildman–Crippen MR) is 93.0 cm³/mol. The first kappa shape index (κ1) is 17.3. The summed E-state index contributed by atoms with van der Waals surface area (Å²) in [7, 11) is 3.25. The normalized spacial score (nSPS) is 17.5. The zero-order chi connectivity index (χ0) is 17.8. The summed E-state index contributed by atoms with van der Waals surface area (Å²) in [4.78, 5) is 14.5. The van der Waals surface area contributed by atoms with Crippen LogP contribution in [0.4, 0.5) is 5.82 Å². The Labute approximate surface area is 146 Å². The first-order valence-electron chi connectivity index (χ1n) is 8.30. The molecule has 3 rings (SSSR count). The van der Waals surface area contributed by atoms with Crippen LogP contribution in [0.15, 0.2) is 28.8 Å². The Morgan fingerprint density at radius 1 is 1.32 bits per heavy atom. The Bertz CT molecular complexity index is 744. The van der Waals surface area contributed by atoms with E-state index in [1.54, 1.807) is 27.2 Å². The molecule has 1 aliphatic heterocycles. The van der Waals surface area contributed by atoms with E-state index in [-0.39, 0.29) is 11.9 Å². The molecule has 2 aromatic rings. The molecule has 1 aromatic heterocycles. The molecule has 1 aliphatic rings. The van der Waals surface area contributed by atoms with Crippen LogP contribution in [-0.2, 0) is 4.79 Å². The molecule has 1 atom stereocenters. The number of hydrogen-bond donors (Lipinski definition) is 1. The number of methoxy groups -OCH3 is 2. The van der Waals surface area contributed by atoms with Crippen molar-refractivity contribution in [2.45, 2.75) is 25.8 Å². The van der Waals surface area contributed by atoms with Crippen LogP contribution >= 0.6 is 0 Å². The van der Waals surface area contributed by atoms with Gasteiger partial charge >= 0.3 is 0 Å². The number of nitrogens with one attached hydrogen (secondary N) is 1. The Hall–Kier alpha value is -2.54. The zero-order valence-corrected chi connectivity index (χ0v) is 14.7. The molecule has 0 unspecified atom stereocenters. The van der Waals surface area contributed by atoms with Gasteiger partial charge in [0.15, 0.2) is 17.3 Å². The Morgan fingerprint density at radius 3 is 2.80 bits per heavy atom. The van der Waals surface area contributed by atoms with E-state index in [4.69, 9.17) is 14.0 Å². The molecule has 1 saturated heterocycles. The van der Waals surface area contributed by atoms with E-state index in [0.717, 1.165) is 24.9 Å². The van der Waals surface area contributed by atoms with Gasteiger partial charge in [0.25, 0.3) is 0 Å². The molecule has 1 aromatic carbocycles. The molecule has 0 bridgehead atoms. The third-order valence-electron chi connectivity index (χ3n) is 4.40. The second-order valence-electron chi connectivity index (χ2n) is 6.11. The third-order valence-corrected chi connectivity index (χ3v) is 4.40.